The summed E-state index contributed by atoms with van der Waals surface area (Å²) >= 11 is 0. The molecule has 1 saturated carbocycles. The third-order valence-electron chi connectivity index (χ3n) is 4.73. The summed E-state index contributed by atoms with van der Waals surface area (Å²) in [5.74, 6) is 0.867. The highest BCUT2D eigenvalue weighted by Crippen LogP contribution is 2.30. The summed E-state index contributed by atoms with van der Waals surface area (Å²) in [7, 11) is 1.69. The fraction of sp³-hybridized carbons (Fsp3) is 0.647. The Morgan fingerprint density at radius 3 is 2.95 bits per heavy atom. The number of benzene rings is 1. The number of hydrogen-bond acceptors (Lipinski definition) is 4. The summed E-state index contributed by atoms with van der Waals surface area (Å²) in [5.41, 5.74) is 1.16. The summed E-state index contributed by atoms with van der Waals surface area (Å²) in [5, 5.41) is 10.3. The van der Waals surface area contributed by atoms with Crippen LogP contribution in [0.5, 0.6) is 5.75 Å². The van der Waals surface area contributed by atoms with E-state index in [0.29, 0.717) is 6.04 Å². The van der Waals surface area contributed by atoms with Crippen LogP contribution in [-0.4, -0.2) is 49.0 Å². The SMILES string of the molecule is COc1cccc(C2CN(C3CCCCC3O)CCO2)c1. The van der Waals surface area contributed by atoms with Crippen molar-refractivity contribution in [2.75, 3.05) is 26.8 Å². The lowest BCUT2D eigenvalue weighted by atomic mass is 9.90. The lowest BCUT2D eigenvalue weighted by Gasteiger charge is -2.42. The number of morpholine rings is 1. The van der Waals surface area contributed by atoms with Crippen molar-refractivity contribution in [3.05, 3.63) is 29.8 Å². The molecule has 116 valence electrons. The van der Waals surface area contributed by atoms with E-state index in [1.165, 1.54) is 6.42 Å². The molecule has 0 aromatic heterocycles. The highest BCUT2D eigenvalue weighted by atomic mass is 16.5. The first-order chi connectivity index (χ1) is 10.3. The lowest BCUT2D eigenvalue weighted by molar-refractivity contribution is -0.0748. The number of ether oxygens (including phenoxy) is 2. The number of methoxy groups -OCH3 is 1. The van der Waals surface area contributed by atoms with Crippen molar-refractivity contribution in [3.63, 3.8) is 0 Å². The average molecular weight is 291 g/mol. The largest absolute Gasteiger partial charge is 0.497 e. The van der Waals surface area contributed by atoms with Gasteiger partial charge in [0.1, 0.15) is 5.75 Å². The Morgan fingerprint density at radius 1 is 1.29 bits per heavy atom. The maximum absolute atomic E-state index is 10.3. The number of nitrogens with zero attached hydrogens (tertiary/aromatic N) is 1. The maximum atomic E-state index is 10.3. The van der Waals surface area contributed by atoms with Crippen LogP contribution in [0.4, 0.5) is 0 Å². The van der Waals surface area contributed by atoms with Gasteiger partial charge in [-0.15, -0.1) is 0 Å². The van der Waals surface area contributed by atoms with Gasteiger partial charge < -0.3 is 14.6 Å². The van der Waals surface area contributed by atoms with Crippen molar-refractivity contribution in [2.45, 2.75) is 43.9 Å². The minimum Gasteiger partial charge on any atom is -0.497 e. The molecule has 1 aliphatic carbocycles. The van der Waals surface area contributed by atoms with Crippen LogP contribution >= 0.6 is 0 Å². The molecule has 1 saturated heterocycles. The molecule has 3 rings (SSSR count). The third kappa shape index (κ3) is 3.39. The van der Waals surface area contributed by atoms with Gasteiger partial charge >= 0.3 is 0 Å². The molecule has 2 aliphatic rings. The standard InChI is InChI=1S/C17H25NO3/c1-20-14-6-4-5-13(11-14)17-12-18(9-10-21-17)15-7-2-3-8-16(15)19/h4-6,11,15-17,19H,2-3,7-10,12H2,1H3. The molecule has 0 amide bonds. The Hall–Kier alpha value is -1.10. The van der Waals surface area contributed by atoms with Crippen molar-refractivity contribution in [3.8, 4) is 5.75 Å². The molecule has 4 heteroatoms. The number of hydrogen-bond donors (Lipinski definition) is 1. The van der Waals surface area contributed by atoms with Crippen LogP contribution < -0.4 is 4.74 Å². The lowest BCUT2D eigenvalue weighted by Crippen LogP contribution is -2.50. The molecule has 2 fully saturated rings. The van der Waals surface area contributed by atoms with Crippen molar-refractivity contribution >= 4 is 0 Å². The zero-order valence-electron chi connectivity index (χ0n) is 12.7. The van der Waals surface area contributed by atoms with Gasteiger partial charge in [-0.25, -0.2) is 0 Å². The maximum Gasteiger partial charge on any atom is 0.119 e. The molecule has 1 N–H and O–H groups in total. The summed E-state index contributed by atoms with van der Waals surface area (Å²) < 4.78 is 11.2. The van der Waals surface area contributed by atoms with Crippen LogP contribution in [0.3, 0.4) is 0 Å². The first-order valence-corrected chi connectivity index (χ1v) is 7.95. The Labute approximate surface area is 126 Å². The second kappa shape index (κ2) is 6.77. The monoisotopic (exact) mass is 291 g/mol. The van der Waals surface area contributed by atoms with E-state index in [1.807, 2.05) is 18.2 Å². The van der Waals surface area contributed by atoms with E-state index in [2.05, 4.69) is 11.0 Å². The predicted molar refractivity (Wildman–Crippen MR) is 81.5 cm³/mol. The van der Waals surface area contributed by atoms with Gasteiger partial charge in [0.05, 0.1) is 25.9 Å². The first-order valence-electron chi connectivity index (χ1n) is 7.95. The van der Waals surface area contributed by atoms with Crippen LogP contribution in [0, 0.1) is 0 Å². The summed E-state index contributed by atoms with van der Waals surface area (Å²) in [6.45, 7) is 2.50. The van der Waals surface area contributed by atoms with Gasteiger partial charge in [-0.2, -0.15) is 0 Å². The van der Waals surface area contributed by atoms with Crippen LogP contribution in [0.25, 0.3) is 0 Å². The zero-order valence-corrected chi connectivity index (χ0v) is 12.7. The Morgan fingerprint density at radius 2 is 2.14 bits per heavy atom. The van der Waals surface area contributed by atoms with E-state index in [9.17, 15) is 5.11 Å². The van der Waals surface area contributed by atoms with Gasteiger partial charge in [0.15, 0.2) is 0 Å². The molecule has 0 spiro atoms. The van der Waals surface area contributed by atoms with Gasteiger partial charge in [-0.05, 0) is 30.5 Å². The normalized spacial score (nSPS) is 31.0. The molecule has 0 bridgehead atoms. The highest BCUT2D eigenvalue weighted by molar-refractivity contribution is 5.30. The van der Waals surface area contributed by atoms with Gasteiger partial charge in [-0.3, -0.25) is 4.90 Å². The highest BCUT2D eigenvalue weighted by Gasteiger charge is 2.32. The smallest absolute Gasteiger partial charge is 0.119 e. The van der Waals surface area contributed by atoms with Gasteiger partial charge in [0, 0.05) is 19.1 Å². The molecule has 4 nitrogen and oxygen atoms in total. The second-order valence-corrected chi connectivity index (χ2v) is 6.05. The van der Waals surface area contributed by atoms with Crippen LogP contribution in [-0.2, 0) is 4.74 Å². The van der Waals surface area contributed by atoms with E-state index < -0.39 is 0 Å². The van der Waals surface area contributed by atoms with E-state index in [-0.39, 0.29) is 12.2 Å². The van der Waals surface area contributed by atoms with Crippen LogP contribution in [0.1, 0.15) is 37.4 Å². The van der Waals surface area contributed by atoms with Crippen molar-refractivity contribution in [2.24, 2.45) is 0 Å². The second-order valence-electron chi connectivity index (χ2n) is 6.05. The molecule has 0 radical (unpaired) electrons. The van der Waals surface area contributed by atoms with Gasteiger partial charge in [-0.1, -0.05) is 25.0 Å². The van der Waals surface area contributed by atoms with Crippen LogP contribution in [0.2, 0.25) is 0 Å². The minimum atomic E-state index is -0.178. The first kappa shape index (κ1) is 14.8. The molecular formula is C17H25NO3. The van der Waals surface area contributed by atoms with Crippen molar-refractivity contribution < 1.29 is 14.6 Å². The van der Waals surface area contributed by atoms with E-state index in [4.69, 9.17) is 9.47 Å². The molecule has 1 aromatic carbocycles. The molecular weight excluding hydrogens is 266 g/mol. The fourth-order valence-electron chi connectivity index (χ4n) is 3.53. The minimum absolute atomic E-state index is 0.0722. The molecule has 3 unspecified atom stereocenters. The quantitative estimate of drug-likeness (QED) is 0.928. The van der Waals surface area contributed by atoms with E-state index in [1.54, 1.807) is 7.11 Å². The topological polar surface area (TPSA) is 41.9 Å². The average Bonchev–Trinajstić information content (AvgIpc) is 2.55. The third-order valence-corrected chi connectivity index (χ3v) is 4.73. The molecule has 1 heterocycles. The molecule has 1 aromatic rings. The Kier molecular flexibility index (Phi) is 4.78. The number of aliphatic hydroxyl groups is 1. The predicted octanol–water partition coefficient (Wildman–Crippen LogP) is 2.37. The fourth-order valence-corrected chi connectivity index (χ4v) is 3.53. The Balaban J connectivity index is 1.70. The molecule has 1 aliphatic heterocycles. The molecule has 3 atom stereocenters. The summed E-state index contributed by atoms with van der Waals surface area (Å²) in [6.07, 6.45) is 4.31. The van der Waals surface area contributed by atoms with Crippen LogP contribution in [0.15, 0.2) is 24.3 Å². The van der Waals surface area contributed by atoms with E-state index >= 15 is 0 Å². The summed E-state index contributed by atoms with van der Waals surface area (Å²) in [6, 6.07) is 8.40. The Bertz CT molecular complexity index is 465. The summed E-state index contributed by atoms with van der Waals surface area (Å²) in [4.78, 5) is 2.41. The number of rotatable bonds is 3. The number of aliphatic hydroxyl groups excluding tert-OH is 1. The van der Waals surface area contributed by atoms with Gasteiger partial charge in [0.2, 0.25) is 0 Å². The zero-order chi connectivity index (χ0) is 14.7. The van der Waals surface area contributed by atoms with Gasteiger partial charge in [0.25, 0.3) is 0 Å². The van der Waals surface area contributed by atoms with Crippen molar-refractivity contribution in [1.29, 1.82) is 0 Å². The molecule has 21 heavy (non-hydrogen) atoms. The van der Waals surface area contributed by atoms with E-state index in [0.717, 1.165) is 50.3 Å². The van der Waals surface area contributed by atoms with Crippen molar-refractivity contribution in [1.82, 2.24) is 4.90 Å².